The molecule has 1 aromatic rings. The van der Waals surface area contributed by atoms with Crippen LogP contribution in [0, 0.1) is 5.82 Å². The third kappa shape index (κ3) is 3.37. The fourth-order valence-corrected chi connectivity index (χ4v) is 2.58. The van der Waals surface area contributed by atoms with Crippen LogP contribution in [-0.2, 0) is 10.8 Å². The number of aliphatic hydroxyl groups is 2. The van der Waals surface area contributed by atoms with Crippen molar-refractivity contribution in [2.75, 3.05) is 12.4 Å². The summed E-state index contributed by atoms with van der Waals surface area (Å²) >= 11 is 0. The molecule has 90 valence electrons. The number of aliphatic hydroxyl groups excluding tert-OH is 2. The van der Waals surface area contributed by atoms with Gasteiger partial charge in [-0.1, -0.05) is 18.2 Å². The zero-order chi connectivity index (χ0) is 12.1. The second-order valence-corrected chi connectivity index (χ2v) is 5.35. The van der Waals surface area contributed by atoms with Crippen LogP contribution in [0.4, 0.5) is 4.39 Å². The Kier molecular flexibility index (Phi) is 5.05. The maximum absolute atomic E-state index is 13.4. The van der Waals surface area contributed by atoms with E-state index in [1.165, 1.54) is 6.07 Å². The van der Waals surface area contributed by atoms with Gasteiger partial charge in [-0.25, -0.2) is 4.39 Å². The van der Waals surface area contributed by atoms with Crippen molar-refractivity contribution in [2.24, 2.45) is 0 Å². The van der Waals surface area contributed by atoms with Gasteiger partial charge < -0.3 is 10.2 Å². The lowest BCUT2D eigenvalue weighted by Crippen LogP contribution is -2.23. The molecule has 3 nitrogen and oxygen atoms in total. The highest BCUT2D eigenvalue weighted by atomic mass is 32.2. The van der Waals surface area contributed by atoms with Crippen LogP contribution in [0.15, 0.2) is 24.3 Å². The van der Waals surface area contributed by atoms with Crippen LogP contribution in [0.5, 0.6) is 0 Å². The van der Waals surface area contributed by atoms with Gasteiger partial charge in [0.25, 0.3) is 0 Å². The molecule has 0 aliphatic carbocycles. The smallest absolute Gasteiger partial charge is 0.127 e. The van der Waals surface area contributed by atoms with Crippen molar-refractivity contribution in [1.82, 2.24) is 0 Å². The lowest BCUT2D eigenvalue weighted by molar-refractivity contribution is 0.113. The minimum Gasteiger partial charge on any atom is -0.394 e. The van der Waals surface area contributed by atoms with Crippen LogP contribution in [0.1, 0.15) is 17.7 Å². The quantitative estimate of drug-likeness (QED) is 0.814. The van der Waals surface area contributed by atoms with Crippen molar-refractivity contribution < 1.29 is 18.8 Å². The van der Waals surface area contributed by atoms with Gasteiger partial charge in [-0.3, -0.25) is 4.21 Å². The van der Waals surface area contributed by atoms with E-state index in [0.29, 0.717) is 5.56 Å². The Labute approximate surface area is 96.4 Å². The number of halogens is 1. The molecule has 0 bridgehead atoms. The van der Waals surface area contributed by atoms with Crippen LogP contribution in [0.3, 0.4) is 0 Å². The lowest BCUT2D eigenvalue weighted by atomic mass is 10.1. The highest BCUT2D eigenvalue weighted by Crippen LogP contribution is 2.22. The zero-order valence-corrected chi connectivity index (χ0v) is 9.78. The minimum atomic E-state index is -1.41. The van der Waals surface area contributed by atoms with E-state index < -0.39 is 34.6 Å². The van der Waals surface area contributed by atoms with Gasteiger partial charge in [-0.2, -0.15) is 0 Å². The first-order chi connectivity index (χ1) is 7.56. The Morgan fingerprint density at radius 3 is 2.62 bits per heavy atom. The summed E-state index contributed by atoms with van der Waals surface area (Å²) in [5.74, 6) is -0.451. The summed E-state index contributed by atoms with van der Waals surface area (Å²) in [5, 5.41) is 17.3. The molecule has 0 saturated carbocycles. The van der Waals surface area contributed by atoms with Crippen molar-refractivity contribution in [1.29, 1.82) is 0 Å². The lowest BCUT2D eigenvalue weighted by Gasteiger charge is -2.14. The van der Waals surface area contributed by atoms with Crippen LogP contribution in [0.25, 0.3) is 0 Å². The molecule has 0 aromatic heterocycles. The van der Waals surface area contributed by atoms with E-state index in [-0.39, 0.29) is 5.75 Å². The van der Waals surface area contributed by atoms with Gasteiger partial charge in [-0.15, -0.1) is 0 Å². The van der Waals surface area contributed by atoms with Gasteiger partial charge in [0.1, 0.15) is 5.82 Å². The maximum Gasteiger partial charge on any atom is 0.127 e. The SMILES string of the molecule is CC(c1ccccc1F)S(=O)CC(O)CO. The highest BCUT2D eigenvalue weighted by Gasteiger charge is 2.19. The molecule has 0 heterocycles. The average Bonchev–Trinajstić information content (AvgIpc) is 2.28. The number of rotatable bonds is 5. The monoisotopic (exact) mass is 246 g/mol. The molecule has 0 fully saturated rings. The molecule has 5 heteroatoms. The molecule has 16 heavy (non-hydrogen) atoms. The molecule has 1 aromatic carbocycles. The molecule has 0 saturated heterocycles. The van der Waals surface area contributed by atoms with E-state index >= 15 is 0 Å². The molecule has 0 aliphatic heterocycles. The van der Waals surface area contributed by atoms with Crippen molar-refractivity contribution >= 4 is 10.8 Å². The second kappa shape index (κ2) is 6.08. The van der Waals surface area contributed by atoms with E-state index in [1.54, 1.807) is 25.1 Å². The molecule has 0 spiro atoms. The van der Waals surface area contributed by atoms with Gasteiger partial charge in [0.2, 0.25) is 0 Å². The maximum atomic E-state index is 13.4. The first-order valence-corrected chi connectivity index (χ1v) is 6.35. The van der Waals surface area contributed by atoms with Gasteiger partial charge in [0, 0.05) is 16.4 Å². The highest BCUT2D eigenvalue weighted by molar-refractivity contribution is 7.85. The van der Waals surface area contributed by atoms with Gasteiger partial charge in [0.15, 0.2) is 0 Å². The van der Waals surface area contributed by atoms with Crippen molar-refractivity contribution in [3.05, 3.63) is 35.6 Å². The van der Waals surface area contributed by atoms with E-state index in [9.17, 15) is 8.60 Å². The molecule has 0 amide bonds. The topological polar surface area (TPSA) is 57.5 Å². The molecular weight excluding hydrogens is 231 g/mol. The Morgan fingerprint density at radius 2 is 2.06 bits per heavy atom. The van der Waals surface area contributed by atoms with Crippen LogP contribution < -0.4 is 0 Å². The molecule has 3 atom stereocenters. The van der Waals surface area contributed by atoms with E-state index in [0.717, 1.165) is 0 Å². The Bertz CT molecular complexity index is 370. The normalized spacial score (nSPS) is 16.8. The predicted molar refractivity (Wildman–Crippen MR) is 60.9 cm³/mol. The fourth-order valence-electron chi connectivity index (χ4n) is 1.33. The molecule has 0 radical (unpaired) electrons. The third-order valence-electron chi connectivity index (χ3n) is 2.30. The predicted octanol–water partition coefficient (Wildman–Crippen LogP) is 0.989. The van der Waals surface area contributed by atoms with Gasteiger partial charge >= 0.3 is 0 Å². The molecular formula is C11H15FO3S. The largest absolute Gasteiger partial charge is 0.394 e. The summed E-state index contributed by atoms with van der Waals surface area (Å²) in [6.45, 7) is 1.20. The summed E-state index contributed by atoms with van der Waals surface area (Å²) in [6.07, 6.45) is -1.02. The summed E-state index contributed by atoms with van der Waals surface area (Å²) in [6, 6.07) is 6.13. The average molecular weight is 246 g/mol. The van der Waals surface area contributed by atoms with Crippen LogP contribution in [0.2, 0.25) is 0 Å². The summed E-state index contributed by atoms with van der Waals surface area (Å²) in [4.78, 5) is 0. The van der Waals surface area contributed by atoms with Crippen molar-refractivity contribution in [3.8, 4) is 0 Å². The third-order valence-corrected chi connectivity index (χ3v) is 4.06. The zero-order valence-electron chi connectivity index (χ0n) is 8.97. The van der Waals surface area contributed by atoms with E-state index in [1.807, 2.05) is 0 Å². The molecule has 3 unspecified atom stereocenters. The standard InChI is InChI=1S/C11H15FO3S/c1-8(16(15)7-9(14)6-13)10-4-2-3-5-11(10)12/h2-5,8-9,13-14H,6-7H2,1H3. The summed E-state index contributed by atoms with van der Waals surface area (Å²) in [7, 11) is -1.41. The van der Waals surface area contributed by atoms with Gasteiger partial charge in [0.05, 0.1) is 23.7 Å². The number of hydrogen-bond acceptors (Lipinski definition) is 3. The molecule has 1 rings (SSSR count). The first kappa shape index (κ1) is 13.3. The molecule has 2 N–H and O–H groups in total. The Balaban J connectivity index is 2.75. The minimum absolute atomic E-state index is 0.0496. The Hall–Kier alpha value is -0.780. The van der Waals surface area contributed by atoms with Crippen LogP contribution >= 0.6 is 0 Å². The van der Waals surface area contributed by atoms with Crippen molar-refractivity contribution in [2.45, 2.75) is 18.3 Å². The summed E-state index contributed by atoms with van der Waals surface area (Å²) in [5.41, 5.74) is 0.367. The second-order valence-electron chi connectivity index (χ2n) is 3.55. The van der Waals surface area contributed by atoms with E-state index in [4.69, 9.17) is 10.2 Å². The first-order valence-electron chi connectivity index (χ1n) is 4.96. The Morgan fingerprint density at radius 1 is 1.44 bits per heavy atom. The number of benzene rings is 1. The van der Waals surface area contributed by atoms with Crippen LogP contribution in [-0.4, -0.2) is 32.9 Å². The fraction of sp³-hybridized carbons (Fsp3) is 0.455. The van der Waals surface area contributed by atoms with E-state index in [2.05, 4.69) is 0 Å². The van der Waals surface area contributed by atoms with Gasteiger partial charge in [-0.05, 0) is 13.0 Å². The summed E-state index contributed by atoms with van der Waals surface area (Å²) < 4.78 is 25.1. The molecule has 0 aliphatic rings. The number of hydrogen-bond donors (Lipinski definition) is 2. The van der Waals surface area contributed by atoms with Crippen molar-refractivity contribution in [3.63, 3.8) is 0 Å².